The Bertz CT molecular complexity index is 1190. The van der Waals surface area contributed by atoms with E-state index in [1.54, 1.807) is 23.1 Å². The average Bonchev–Trinajstić information content (AvgIpc) is 2.91. The molecule has 2 aromatic carbocycles. The van der Waals surface area contributed by atoms with Crippen LogP contribution < -0.4 is 9.80 Å². The van der Waals surface area contributed by atoms with Crippen molar-refractivity contribution in [3.05, 3.63) is 54.1 Å². The lowest BCUT2D eigenvalue weighted by atomic mass is 10.0. The monoisotopic (exact) mass is 498 g/mol. The third-order valence-corrected chi connectivity index (χ3v) is 8.80. The van der Waals surface area contributed by atoms with Crippen molar-refractivity contribution in [3.63, 3.8) is 0 Å². The molecule has 0 radical (unpaired) electrons. The van der Waals surface area contributed by atoms with Gasteiger partial charge in [0, 0.05) is 57.1 Å². The van der Waals surface area contributed by atoms with Crippen LogP contribution in [0, 0.1) is 0 Å². The van der Waals surface area contributed by atoms with Gasteiger partial charge in [-0.05, 0) is 42.3 Å². The summed E-state index contributed by atoms with van der Waals surface area (Å²) < 4.78 is 32.8. The Hall–Kier alpha value is -2.95. The lowest BCUT2D eigenvalue weighted by molar-refractivity contribution is -0.131. The van der Waals surface area contributed by atoms with E-state index in [0.29, 0.717) is 51.5 Å². The number of hydrogen-bond acceptors (Lipinski definition) is 6. The van der Waals surface area contributed by atoms with E-state index in [-0.39, 0.29) is 29.7 Å². The molecule has 3 heterocycles. The van der Waals surface area contributed by atoms with Gasteiger partial charge in [-0.15, -0.1) is 0 Å². The number of amides is 2. The Kier molecular flexibility index (Phi) is 6.77. The van der Waals surface area contributed by atoms with Crippen LogP contribution in [-0.4, -0.2) is 88.5 Å². The van der Waals surface area contributed by atoms with Crippen LogP contribution in [0.25, 0.3) is 0 Å². The van der Waals surface area contributed by atoms with E-state index >= 15 is 0 Å². The van der Waals surface area contributed by atoms with Gasteiger partial charge in [-0.2, -0.15) is 4.31 Å². The SMILES string of the molecule is O=C(CN1C(=O)CCc2cc(S(=O)(=O)N3CCOCC3)ccc21)N1CCN(c2ccccc2)CC1. The molecule has 0 spiro atoms. The number of rotatable bonds is 5. The van der Waals surface area contributed by atoms with Gasteiger partial charge in [-0.3, -0.25) is 9.59 Å². The Balaban J connectivity index is 1.27. The highest BCUT2D eigenvalue weighted by atomic mass is 32.2. The molecule has 0 N–H and O–H groups in total. The lowest BCUT2D eigenvalue weighted by Gasteiger charge is -2.37. The average molecular weight is 499 g/mol. The molecular formula is C25H30N4O5S. The number of ether oxygens (including phenoxy) is 1. The van der Waals surface area contributed by atoms with Crippen LogP contribution in [0.4, 0.5) is 11.4 Å². The van der Waals surface area contributed by atoms with Crippen LogP contribution in [0.15, 0.2) is 53.4 Å². The number of hydrogen-bond donors (Lipinski definition) is 0. The van der Waals surface area contributed by atoms with Crippen LogP contribution in [-0.2, 0) is 30.8 Å². The molecule has 0 atom stereocenters. The van der Waals surface area contributed by atoms with Crippen molar-refractivity contribution >= 4 is 33.2 Å². The first-order valence-electron chi connectivity index (χ1n) is 12.0. The molecule has 9 nitrogen and oxygen atoms in total. The molecule has 0 aliphatic carbocycles. The summed E-state index contributed by atoms with van der Waals surface area (Å²) in [5.41, 5.74) is 2.54. The first kappa shape index (κ1) is 23.8. The molecule has 186 valence electrons. The van der Waals surface area contributed by atoms with E-state index in [4.69, 9.17) is 4.74 Å². The molecule has 0 unspecified atom stereocenters. The van der Waals surface area contributed by atoms with Gasteiger partial charge in [0.05, 0.1) is 18.1 Å². The summed E-state index contributed by atoms with van der Waals surface area (Å²) in [5.74, 6) is -0.207. The van der Waals surface area contributed by atoms with E-state index in [1.807, 2.05) is 18.2 Å². The number of benzene rings is 2. The number of piperazine rings is 1. The molecule has 5 rings (SSSR count). The summed E-state index contributed by atoms with van der Waals surface area (Å²) >= 11 is 0. The second kappa shape index (κ2) is 9.96. The number of fused-ring (bicyclic) bond motifs is 1. The van der Waals surface area contributed by atoms with Crippen LogP contribution in [0.5, 0.6) is 0 Å². The van der Waals surface area contributed by atoms with Gasteiger partial charge in [0.15, 0.2) is 0 Å². The number of para-hydroxylation sites is 1. The highest BCUT2D eigenvalue weighted by Gasteiger charge is 2.32. The lowest BCUT2D eigenvalue weighted by Crippen LogP contribution is -2.52. The van der Waals surface area contributed by atoms with E-state index in [1.165, 1.54) is 9.21 Å². The normalized spacial score (nSPS) is 19.5. The van der Waals surface area contributed by atoms with E-state index in [0.717, 1.165) is 24.3 Å². The number of sulfonamides is 1. The van der Waals surface area contributed by atoms with E-state index in [2.05, 4.69) is 17.0 Å². The van der Waals surface area contributed by atoms with Gasteiger partial charge >= 0.3 is 0 Å². The second-order valence-electron chi connectivity index (χ2n) is 8.99. The Morgan fingerprint density at radius 3 is 2.31 bits per heavy atom. The van der Waals surface area contributed by atoms with Crippen molar-refractivity contribution in [1.82, 2.24) is 9.21 Å². The molecule has 0 bridgehead atoms. The minimum Gasteiger partial charge on any atom is -0.379 e. The quantitative estimate of drug-likeness (QED) is 0.618. The molecule has 0 aromatic heterocycles. The van der Waals surface area contributed by atoms with Crippen LogP contribution in [0.2, 0.25) is 0 Å². The number of morpholine rings is 1. The molecule has 35 heavy (non-hydrogen) atoms. The van der Waals surface area contributed by atoms with Gasteiger partial charge in [0.2, 0.25) is 21.8 Å². The zero-order valence-corrected chi connectivity index (χ0v) is 20.5. The predicted octanol–water partition coefficient (Wildman–Crippen LogP) is 1.34. The summed E-state index contributed by atoms with van der Waals surface area (Å²) in [6, 6.07) is 15.0. The number of nitrogens with zero attached hydrogens (tertiary/aromatic N) is 4. The zero-order valence-electron chi connectivity index (χ0n) is 19.6. The largest absolute Gasteiger partial charge is 0.379 e. The minimum absolute atomic E-state index is 0.0350. The Morgan fingerprint density at radius 2 is 1.60 bits per heavy atom. The zero-order chi connectivity index (χ0) is 24.4. The summed E-state index contributed by atoms with van der Waals surface area (Å²) in [4.78, 5) is 31.6. The first-order valence-corrected chi connectivity index (χ1v) is 13.5. The first-order chi connectivity index (χ1) is 16.9. The smallest absolute Gasteiger partial charge is 0.243 e. The summed E-state index contributed by atoms with van der Waals surface area (Å²) in [6.07, 6.45) is 0.712. The molecular weight excluding hydrogens is 468 g/mol. The van der Waals surface area contributed by atoms with Gasteiger partial charge in [-0.25, -0.2) is 8.42 Å². The highest BCUT2D eigenvalue weighted by Crippen LogP contribution is 2.31. The number of carbonyl (C=O) groups excluding carboxylic acids is 2. The molecule has 2 saturated heterocycles. The third kappa shape index (κ3) is 4.91. The Morgan fingerprint density at radius 1 is 0.886 bits per heavy atom. The molecule has 3 aliphatic rings. The molecule has 0 saturated carbocycles. The van der Waals surface area contributed by atoms with E-state index < -0.39 is 10.0 Å². The standard InChI is InChI=1S/C25H30N4O5S/c30-24-9-6-20-18-22(35(32,33)28-14-16-34-17-15-28)7-8-23(20)29(24)19-25(31)27-12-10-26(11-13-27)21-4-2-1-3-5-21/h1-5,7-8,18H,6,9-17,19H2. The van der Waals surface area contributed by atoms with Gasteiger partial charge < -0.3 is 19.4 Å². The second-order valence-corrected chi connectivity index (χ2v) is 10.9. The van der Waals surface area contributed by atoms with Crippen molar-refractivity contribution in [2.24, 2.45) is 0 Å². The van der Waals surface area contributed by atoms with E-state index in [9.17, 15) is 18.0 Å². The molecule has 3 aliphatic heterocycles. The number of aryl methyl sites for hydroxylation is 1. The summed E-state index contributed by atoms with van der Waals surface area (Å²) in [7, 11) is -3.62. The van der Waals surface area contributed by atoms with Crippen molar-refractivity contribution in [3.8, 4) is 0 Å². The van der Waals surface area contributed by atoms with Crippen molar-refractivity contribution in [1.29, 1.82) is 0 Å². The van der Waals surface area contributed by atoms with Crippen molar-refractivity contribution < 1.29 is 22.7 Å². The maximum Gasteiger partial charge on any atom is 0.243 e. The number of carbonyl (C=O) groups is 2. The maximum absolute atomic E-state index is 13.1. The fourth-order valence-electron chi connectivity index (χ4n) is 4.89. The fraction of sp³-hybridized carbons (Fsp3) is 0.440. The van der Waals surface area contributed by atoms with Crippen molar-refractivity contribution in [2.45, 2.75) is 17.7 Å². The third-order valence-electron chi connectivity index (χ3n) is 6.91. The highest BCUT2D eigenvalue weighted by molar-refractivity contribution is 7.89. The number of anilines is 2. The molecule has 10 heteroatoms. The summed E-state index contributed by atoms with van der Waals surface area (Å²) in [5, 5.41) is 0. The van der Waals surface area contributed by atoms with Gasteiger partial charge in [0.1, 0.15) is 6.54 Å². The molecule has 2 fully saturated rings. The maximum atomic E-state index is 13.1. The minimum atomic E-state index is -3.62. The van der Waals surface area contributed by atoms with Crippen LogP contribution >= 0.6 is 0 Å². The van der Waals surface area contributed by atoms with Crippen LogP contribution in [0.3, 0.4) is 0 Å². The predicted molar refractivity (Wildman–Crippen MR) is 132 cm³/mol. The van der Waals surface area contributed by atoms with Crippen molar-refractivity contribution in [2.75, 3.05) is 68.8 Å². The van der Waals surface area contributed by atoms with Gasteiger partial charge in [0.25, 0.3) is 0 Å². The molecule has 2 aromatic rings. The topological polar surface area (TPSA) is 90.5 Å². The van der Waals surface area contributed by atoms with Gasteiger partial charge in [-0.1, -0.05) is 18.2 Å². The molecule has 2 amide bonds. The fourth-order valence-corrected chi connectivity index (χ4v) is 6.35. The Labute approximate surface area is 205 Å². The van der Waals surface area contributed by atoms with Crippen LogP contribution in [0.1, 0.15) is 12.0 Å². The summed E-state index contributed by atoms with van der Waals surface area (Å²) in [6.45, 7) is 4.06.